The Bertz CT molecular complexity index is 730. The van der Waals surface area contributed by atoms with Crippen molar-refractivity contribution >= 4 is 35.0 Å². The van der Waals surface area contributed by atoms with Crippen molar-refractivity contribution in [2.45, 2.75) is 49.9 Å². The molecule has 0 saturated heterocycles. The summed E-state index contributed by atoms with van der Waals surface area (Å²) in [5.74, 6) is 0.854. The SMILES string of the molecule is CCN(CC)CC(C)(O)C(C)c1ccc(SCc2ccc(Cl)cc2Cl)cc1. The highest BCUT2D eigenvalue weighted by atomic mass is 35.5. The van der Waals surface area contributed by atoms with Gasteiger partial charge in [0.25, 0.3) is 0 Å². The van der Waals surface area contributed by atoms with Crippen LogP contribution in [0.15, 0.2) is 47.4 Å². The Morgan fingerprint density at radius 2 is 1.70 bits per heavy atom. The summed E-state index contributed by atoms with van der Waals surface area (Å²) in [6, 6.07) is 14.1. The summed E-state index contributed by atoms with van der Waals surface area (Å²) in [6.07, 6.45) is 0. The van der Waals surface area contributed by atoms with Gasteiger partial charge in [-0.2, -0.15) is 0 Å². The maximum Gasteiger partial charge on any atom is 0.0811 e. The highest BCUT2D eigenvalue weighted by Crippen LogP contribution is 2.32. The van der Waals surface area contributed by atoms with Crippen LogP contribution >= 0.6 is 35.0 Å². The molecule has 0 aromatic heterocycles. The second-order valence-corrected chi connectivity index (χ2v) is 9.03. The monoisotopic (exact) mass is 425 g/mol. The first-order valence-corrected chi connectivity index (χ1v) is 11.1. The van der Waals surface area contributed by atoms with Gasteiger partial charge in [0.1, 0.15) is 0 Å². The minimum absolute atomic E-state index is 0.0582. The highest BCUT2D eigenvalue weighted by molar-refractivity contribution is 7.98. The molecule has 2 unspecified atom stereocenters. The van der Waals surface area contributed by atoms with Crippen molar-refractivity contribution in [3.63, 3.8) is 0 Å². The molecule has 0 aliphatic heterocycles. The molecule has 0 heterocycles. The Morgan fingerprint density at radius 3 is 2.26 bits per heavy atom. The van der Waals surface area contributed by atoms with Gasteiger partial charge in [0.15, 0.2) is 0 Å². The summed E-state index contributed by atoms with van der Waals surface area (Å²) < 4.78 is 0. The van der Waals surface area contributed by atoms with Gasteiger partial charge < -0.3 is 10.0 Å². The largest absolute Gasteiger partial charge is 0.388 e. The summed E-state index contributed by atoms with van der Waals surface area (Å²) in [4.78, 5) is 3.44. The van der Waals surface area contributed by atoms with E-state index in [4.69, 9.17) is 23.2 Å². The van der Waals surface area contributed by atoms with Gasteiger partial charge >= 0.3 is 0 Å². The maximum atomic E-state index is 11.0. The van der Waals surface area contributed by atoms with Crippen molar-refractivity contribution in [1.82, 2.24) is 4.90 Å². The molecule has 0 amide bonds. The van der Waals surface area contributed by atoms with E-state index in [1.165, 1.54) is 4.90 Å². The van der Waals surface area contributed by atoms with E-state index in [9.17, 15) is 5.11 Å². The molecule has 1 N–H and O–H groups in total. The number of hydrogen-bond acceptors (Lipinski definition) is 3. The third-order valence-corrected chi connectivity index (χ3v) is 6.81. The van der Waals surface area contributed by atoms with Crippen molar-refractivity contribution in [2.75, 3.05) is 19.6 Å². The predicted octanol–water partition coefficient (Wildman–Crippen LogP) is 6.48. The molecule has 2 nitrogen and oxygen atoms in total. The van der Waals surface area contributed by atoms with E-state index in [-0.39, 0.29) is 5.92 Å². The van der Waals surface area contributed by atoms with E-state index in [0.29, 0.717) is 16.6 Å². The van der Waals surface area contributed by atoms with Crippen molar-refractivity contribution < 1.29 is 5.11 Å². The molecule has 5 heteroatoms. The molecular formula is C22H29Cl2NOS. The van der Waals surface area contributed by atoms with Gasteiger partial charge in [0.2, 0.25) is 0 Å². The summed E-state index contributed by atoms with van der Waals surface area (Å²) in [5.41, 5.74) is 1.46. The number of benzene rings is 2. The average molecular weight is 426 g/mol. The van der Waals surface area contributed by atoms with Gasteiger partial charge in [-0.3, -0.25) is 0 Å². The van der Waals surface area contributed by atoms with Crippen LogP contribution in [0.25, 0.3) is 0 Å². The van der Waals surface area contributed by atoms with E-state index in [1.54, 1.807) is 17.8 Å². The Labute approximate surface area is 177 Å². The molecule has 148 valence electrons. The normalized spacial score (nSPS) is 15.0. The van der Waals surface area contributed by atoms with Crippen LogP contribution in [-0.4, -0.2) is 35.2 Å². The number of nitrogens with zero attached hydrogens (tertiary/aromatic N) is 1. The van der Waals surface area contributed by atoms with E-state index >= 15 is 0 Å². The van der Waals surface area contributed by atoms with Crippen LogP contribution in [0.5, 0.6) is 0 Å². The number of aliphatic hydroxyl groups is 1. The molecule has 0 aliphatic rings. The van der Waals surface area contributed by atoms with Gasteiger partial charge in [-0.1, -0.05) is 62.2 Å². The minimum atomic E-state index is -0.766. The molecule has 2 aromatic rings. The van der Waals surface area contributed by atoms with Crippen molar-refractivity contribution in [3.05, 3.63) is 63.6 Å². The molecule has 0 bridgehead atoms. The molecule has 0 radical (unpaired) electrons. The van der Waals surface area contributed by atoms with Gasteiger partial charge in [-0.05, 0) is 55.4 Å². The Balaban J connectivity index is 2.01. The van der Waals surface area contributed by atoms with Crippen LogP contribution in [-0.2, 0) is 5.75 Å². The molecule has 2 aromatic carbocycles. The van der Waals surface area contributed by atoms with Crippen molar-refractivity contribution in [2.24, 2.45) is 0 Å². The molecule has 0 aliphatic carbocycles. The Kier molecular flexibility index (Phi) is 8.51. The smallest absolute Gasteiger partial charge is 0.0811 e. The molecular weight excluding hydrogens is 397 g/mol. The van der Waals surface area contributed by atoms with Crippen molar-refractivity contribution in [1.29, 1.82) is 0 Å². The van der Waals surface area contributed by atoms with Crippen LogP contribution in [0.1, 0.15) is 44.7 Å². The first kappa shape index (κ1) is 22.6. The van der Waals surface area contributed by atoms with E-state index < -0.39 is 5.60 Å². The lowest BCUT2D eigenvalue weighted by atomic mass is 9.84. The third kappa shape index (κ3) is 6.40. The molecule has 2 rings (SSSR count). The lowest BCUT2D eigenvalue weighted by Gasteiger charge is -2.35. The summed E-state index contributed by atoms with van der Waals surface area (Å²) in [6.45, 7) is 10.9. The lowest BCUT2D eigenvalue weighted by Crippen LogP contribution is -2.44. The molecule has 2 atom stereocenters. The number of hydrogen-bond donors (Lipinski definition) is 1. The van der Waals surface area contributed by atoms with Gasteiger partial charge in [-0.25, -0.2) is 0 Å². The van der Waals surface area contributed by atoms with Crippen LogP contribution in [0, 0.1) is 0 Å². The fourth-order valence-corrected chi connectivity index (χ4v) is 4.51. The summed E-state index contributed by atoms with van der Waals surface area (Å²) in [5, 5.41) is 12.3. The van der Waals surface area contributed by atoms with E-state index in [2.05, 4.69) is 49.9 Å². The Morgan fingerprint density at radius 1 is 1.07 bits per heavy atom. The third-order valence-electron chi connectivity index (χ3n) is 5.16. The van der Waals surface area contributed by atoms with Gasteiger partial charge in [-0.15, -0.1) is 11.8 Å². The number of thioether (sulfide) groups is 1. The first-order valence-electron chi connectivity index (χ1n) is 9.38. The topological polar surface area (TPSA) is 23.5 Å². The fraction of sp³-hybridized carbons (Fsp3) is 0.455. The lowest BCUT2D eigenvalue weighted by molar-refractivity contribution is 0.00262. The fourth-order valence-electron chi connectivity index (χ4n) is 3.05. The van der Waals surface area contributed by atoms with E-state index in [1.807, 2.05) is 19.1 Å². The predicted molar refractivity (Wildman–Crippen MR) is 119 cm³/mol. The maximum absolute atomic E-state index is 11.0. The van der Waals surface area contributed by atoms with Crippen LogP contribution in [0.3, 0.4) is 0 Å². The Hall–Kier alpha value is -0.710. The van der Waals surface area contributed by atoms with Crippen LogP contribution in [0.2, 0.25) is 10.0 Å². The zero-order valence-corrected chi connectivity index (χ0v) is 18.8. The van der Waals surface area contributed by atoms with Crippen LogP contribution < -0.4 is 0 Å². The van der Waals surface area contributed by atoms with Crippen molar-refractivity contribution in [3.8, 4) is 0 Å². The zero-order chi connectivity index (χ0) is 20.0. The molecule has 0 fully saturated rings. The second-order valence-electron chi connectivity index (χ2n) is 7.13. The molecule has 0 saturated carbocycles. The first-order chi connectivity index (χ1) is 12.8. The molecule has 27 heavy (non-hydrogen) atoms. The zero-order valence-electron chi connectivity index (χ0n) is 16.5. The summed E-state index contributed by atoms with van der Waals surface area (Å²) >= 11 is 13.9. The quantitative estimate of drug-likeness (QED) is 0.464. The average Bonchev–Trinajstić information content (AvgIpc) is 2.65. The molecule has 0 spiro atoms. The highest BCUT2D eigenvalue weighted by Gasteiger charge is 2.31. The van der Waals surface area contributed by atoms with Crippen LogP contribution in [0.4, 0.5) is 0 Å². The minimum Gasteiger partial charge on any atom is -0.388 e. The summed E-state index contributed by atoms with van der Waals surface area (Å²) in [7, 11) is 0. The number of halogens is 2. The second kappa shape index (κ2) is 10.2. The van der Waals surface area contributed by atoms with Gasteiger partial charge in [0, 0.05) is 33.2 Å². The van der Waals surface area contributed by atoms with Gasteiger partial charge in [0.05, 0.1) is 5.60 Å². The van der Waals surface area contributed by atoms with E-state index in [0.717, 1.165) is 30.0 Å². The number of likely N-dealkylation sites (N-methyl/N-ethyl adjacent to an activating group) is 1. The number of rotatable bonds is 9. The standard InChI is InChI=1S/C22H29Cl2NOS/c1-5-25(6-2)15-22(4,26)16(3)17-8-11-20(12-9-17)27-14-18-7-10-19(23)13-21(18)24/h7-13,16,26H,5-6,14-15H2,1-4H3.